The zero-order valence-electron chi connectivity index (χ0n) is 10.6. The minimum Gasteiger partial charge on any atom is -0.388 e. The summed E-state index contributed by atoms with van der Waals surface area (Å²) in [7, 11) is 0. The van der Waals surface area contributed by atoms with Gasteiger partial charge in [0.15, 0.2) is 0 Å². The van der Waals surface area contributed by atoms with Crippen LogP contribution in [0.5, 0.6) is 0 Å². The quantitative estimate of drug-likeness (QED) is 0.752. The van der Waals surface area contributed by atoms with Crippen molar-refractivity contribution in [1.29, 1.82) is 0 Å². The highest BCUT2D eigenvalue weighted by Gasteiger charge is 2.09. The maximum absolute atomic E-state index is 11.8. The number of hydrogen-bond donors (Lipinski definition) is 2. The normalized spacial score (nSPS) is 9.89. The van der Waals surface area contributed by atoms with Gasteiger partial charge in [-0.2, -0.15) is 0 Å². The number of anilines is 1. The predicted octanol–water partition coefficient (Wildman–Crippen LogP) is 0.996. The Morgan fingerprint density at radius 2 is 2.11 bits per heavy atom. The van der Waals surface area contributed by atoms with Crippen LogP contribution in [0.1, 0.15) is 19.5 Å². The van der Waals surface area contributed by atoms with Crippen molar-refractivity contribution in [3.8, 4) is 0 Å². The first-order valence-electron chi connectivity index (χ1n) is 5.87. The van der Waals surface area contributed by atoms with Gasteiger partial charge in [0.05, 0.1) is 12.2 Å². The summed E-state index contributed by atoms with van der Waals surface area (Å²) in [5.41, 5.74) is 6.04. The zero-order valence-corrected chi connectivity index (χ0v) is 11.5. The van der Waals surface area contributed by atoms with Crippen LogP contribution in [0.3, 0.4) is 0 Å². The second-order valence-corrected chi connectivity index (χ2v) is 4.13. The zero-order chi connectivity index (χ0) is 13.5. The van der Waals surface area contributed by atoms with E-state index in [0.717, 1.165) is 0 Å². The molecule has 0 aliphatic carbocycles. The molecule has 0 atom stereocenters. The molecule has 0 aliphatic rings. The average molecular weight is 266 g/mol. The van der Waals surface area contributed by atoms with E-state index in [2.05, 4.69) is 10.3 Å². The largest absolute Gasteiger partial charge is 0.388 e. The van der Waals surface area contributed by atoms with E-state index in [1.54, 1.807) is 23.1 Å². The van der Waals surface area contributed by atoms with Crippen LogP contribution in [0.2, 0.25) is 0 Å². The van der Waals surface area contributed by atoms with Gasteiger partial charge >= 0.3 is 0 Å². The summed E-state index contributed by atoms with van der Waals surface area (Å²) in [4.78, 5) is 18.0. The number of likely N-dealkylation sites (N-methyl/N-ethyl adjacent to an activating group) is 1. The molecule has 98 valence electrons. The Hall–Kier alpha value is -1.69. The minimum atomic E-state index is 0.0440. The van der Waals surface area contributed by atoms with Gasteiger partial charge in [0.1, 0.15) is 10.8 Å². The summed E-state index contributed by atoms with van der Waals surface area (Å²) >= 11 is 4.85. The number of hydrogen-bond acceptors (Lipinski definition) is 4. The first-order valence-corrected chi connectivity index (χ1v) is 6.27. The van der Waals surface area contributed by atoms with Crippen molar-refractivity contribution in [2.45, 2.75) is 13.8 Å². The molecule has 0 saturated carbocycles. The molecule has 1 aromatic heterocycles. The molecule has 6 heteroatoms. The molecule has 1 heterocycles. The maximum atomic E-state index is 11.8. The van der Waals surface area contributed by atoms with Gasteiger partial charge in [-0.3, -0.25) is 4.79 Å². The summed E-state index contributed by atoms with van der Waals surface area (Å²) < 4.78 is 0. The number of carbonyl (C=O) groups is 1. The average Bonchev–Trinajstić information content (AvgIpc) is 2.38. The van der Waals surface area contributed by atoms with E-state index in [1.165, 1.54) is 0 Å². The Labute approximate surface area is 112 Å². The molecule has 0 spiro atoms. The standard InChI is InChI=1S/C12H18N4OS/c1-3-16(4-2)11(17)8-14-10-7-5-6-9(15-10)12(13)18/h5-7H,3-4,8H2,1-2H3,(H2,13,18)(H,14,15). The highest BCUT2D eigenvalue weighted by molar-refractivity contribution is 7.80. The Kier molecular flexibility index (Phi) is 5.51. The number of carbonyl (C=O) groups excluding carboxylic acids is 1. The van der Waals surface area contributed by atoms with Gasteiger partial charge in [0, 0.05) is 13.1 Å². The topological polar surface area (TPSA) is 71.2 Å². The molecule has 0 unspecified atom stereocenters. The molecule has 0 aliphatic heterocycles. The van der Waals surface area contributed by atoms with Gasteiger partial charge in [0.2, 0.25) is 5.91 Å². The lowest BCUT2D eigenvalue weighted by Crippen LogP contribution is -2.35. The Morgan fingerprint density at radius 3 is 2.67 bits per heavy atom. The van der Waals surface area contributed by atoms with Crippen molar-refractivity contribution in [2.75, 3.05) is 25.0 Å². The Bertz CT molecular complexity index is 432. The van der Waals surface area contributed by atoms with Crippen LogP contribution in [0.15, 0.2) is 18.2 Å². The number of thiocarbonyl (C=S) groups is 1. The van der Waals surface area contributed by atoms with E-state index in [9.17, 15) is 4.79 Å². The number of rotatable bonds is 6. The number of amides is 1. The van der Waals surface area contributed by atoms with E-state index in [4.69, 9.17) is 18.0 Å². The molecule has 0 saturated heterocycles. The van der Waals surface area contributed by atoms with E-state index >= 15 is 0 Å². The van der Waals surface area contributed by atoms with Crippen LogP contribution < -0.4 is 11.1 Å². The molecule has 3 N–H and O–H groups in total. The van der Waals surface area contributed by atoms with Crippen LogP contribution in [0.4, 0.5) is 5.82 Å². The fraction of sp³-hybridized carbons (Fsp3) is 0.417. The van der Waals surface area contributed by atoms with Crippen LogP contribution in [0, 0.1) is 0 Å². The second kappa shape index (κ2) is 6.90. The van der Waals surface area contributed by atoms with Crippen molar-refractivity contribution in [3.05, 3.63) is 23.9 Å². The number of nitrogens with one attached hydrogen (secondary N) is 1. The van der Waals surface area contributed by atoms with Crippen LogP contribution in [0.25, 0.3) is 0 Å². The van der Waals surface area contributed by atoms with Gasteiger partial charge in [0.25, 0.3) is 0 Å². The Balaban J connectivity index is 2.61. The third kappa shape index (κ3) is 3.96. The maximum Gasteiger partial charge on any atom is 0.241 e. The molecule has 5 nitrogen and oxygen atoms in total. The first-order chi connectivity index (χ1) is 8.58. The third-order valence-corrected chi connectivity index (χ3v) is 2.75. The predicted molar refractivity (Wildman–Crippen MR) is 76.5 cm³/mol. The van der Waals surface area contributed by atoms with E-state index in [0.29, 0.717) is 24.6 Å². The summed E-state index contributed by atoms with van der Waals surface area (Å²) in [5, 5.41) is 2.97. The number of nitrogens with two attached hydrogens (primary N) is 1. The van der Waals surface area contributed by atoms with Gasteiger partial charge in [-0.15, -0.1) is 0 Å². The number of nitrogens with zero attached hydrogens (tertiary/aromatic N) is 2. The third-order valence-electron chi connectivity index (χ3n) is 2.54. The van der Waals surface area contributed by atoms with Crippen LogP contribution in [-0.4, -0.2) is 40.4 Å². The van der Waals surface area contributed by atoms with Gasteiger partial charge < -0.3 is 16.0 Å². The first kappa shape index (κ1) is 14.4. The van der Waals surface area contributed by atoms with Gasteiger partial charge in [-0.1, -0.05) is 18.3 Å². The minimum absolute atomic E-state index is 0.0440. The molecule has 18 heavy (non-hydrogen) atoms. The lowest BCUT2D eigenvalue weighted by atomic mass is 10.3. The summed E-state index contributed by atoms with van der Waals surface area (Å²) in [5.74, 6) is 0.642. The highest BCUT2D eigenvalue weighted by Crippen LogP contribution is 2.04. The molecule has 0 fully saturated rings. The lowest BCUT2D eigenvalue weighted by molar-refractivity contribution is -0.128. The summed E-state index contributed by atoms with van der Waals surface area (Å²) in [6, 6.07) is 5.31. The fourth-order valence-electron chi connectivity index (χ4n) is 1.52. The van der Waals surface area contributed by atoms with Crippen LogP contribution >= 0.6 is 12.2 Å². The summed E-state index contributed by atoms with van der Waals surface area (Å²) in [6.45, 7) is 5.53. The van der Waals surface area contributed by atoms with Gasteiger partial charge in [-0.25, -0.2) is 4.98 Å². The van der Waals surface area contributed by atoms with Crippen molar-refractivity contribution >= 4 is 28.9 Å². The van der Waals surface area contributed by atoms with Crippen molar-refractivity contribution < 1.29 is 4.79 Å². The lowest BCUT2D eigenvalue weighted by Gasteiger charge is -2.18. The fourth-order valence-corrected chi connectivity index (χ4v) is 1.64. The van der Waals surface area contributed by atoms with Crippen molar-refractivity contribution in [1.82, 2.24) is 9.88 Å². The Morgan fingerprint density at radius 1 is 1.44 bits per heavy atom. The molecule has 1 aromatic rings. The summed E-state index contributed by atoms with van der Waals surface area (Å²) in [6.07, 6.45) is 0. The van der Waals surface area contributed by atoms with Crippen LogP contribution in [-0.2, 0) is 4.79 Å². The van der Waals surface area contributed by atoms with E-state index in [1.807, 2.05) is 13.8 Å². The number of aromatic nitrogens is 1. The van der Waals surface area contributed by atoms with Crippen molar-refractivity contribution in [3.63, 3.8) is 0 Å². The monoisotopic (exact) mass is 266 g/mol. The molecule has 0 aromatic carbocycles. The van der Waals surface area contributed by atoms with Gasteiger partial charge in [-0.05, 0) is 26.0 Å². The smallest absolute Gasteiger partial charge is 0.241 e. The SMILES string of the molecule is CCN(CC)C(=O)CNc1cccc(C(N)=S)n1. The highest BCUT2D eigenvalue weighted by atomic mass is 32.1. The van der Waals surface area contributed by atoms with Crippen molar-refractivity contribution in [2.24, 2.45) is 5.73 Å². The molecule has 1 rings (SSSR count). The molecule has 1 amide bonds. The van der Waals surface area contributed by atoms with E-state index < -0.39 is 0 Å². The molecular formula is C12H18N4OS. The molecular weight excluding hydrogens is 248 g/mol. The van der Waals surface area contributed by atoms with E-state index in [-0.39, 0.29) is 17.4 Å². The molecule has 0 radical (unpaired) electrons. The molecule has 0 bridgehead atoms. The number of pyridine rings is 1. The second-order valence-electron chi connectivity index (χ2n) is 3.69.